The first kappa shape index (κ1) is 37.6. The van der Waals surface area contributed by atoms with Crippen LogP contribution in [-0.4, -0.2) is 7.28 Å². The quantitative estimate of drug-likeness (QED) is 0.179. The van der Waals surface area contributed by atoms with Crippen LogP contribution >= 0.6 is 0 Å². The molecular weight excluding hydrogens is 787 g/mol. The zero-order chi connectivity index (χ0) is 43.9. The highest BCUT2D eigenvalue weighted by Crippen LogP contribution is 2.69. The summed E-state index contributed by atoms with van der Waals surface area (Å²) >= 11 is 0. The number of fused-ring (bicyclic) bond motifs is 9. The van der Waals surface area contributed by atoms with Crippen molar-refractivity contribution in [1.29, 1.82) is 0 Å². The molecule has 0 bridgehead atoms. The summed E-state index contributed by atoms with van der Waals surface area (Å²) in [5.41, 5.74) is 28.4. The predicted octanol–water partition coefficient (Wildman–Crippen LogP) is 14.5. The van der Waals surface area contributed by atoms with E-state index in [1.54, 1.807) is 16.7 Å². The van der Waals surface area contributed by atoms with E-state index < -0.39 is 0 Å². The third-order valence-corrected chi connectivity index (χ3v) is 16.8. The van der Waals surface area contributed by atoms with Gasteiger partial charge in [-0.3, -0.25) is 0 Å². The van der Waals surface area contributed by atoms with Gasteiger partial charge in [0.05, 0.1) is 11.4 Å². The van der Waals surface area contributed by atoms with Gasteiger partial charge in [-0.05, 0) is 133 Å². The van der Waals surface area contributed by atoms with E-state index in [2.05, 4.69) is 204 Å². The van der Waals surface area contributed by atoms with E-state index in [1.807, 2.05) is 0 Å². The molecule has 0 radical (unpaired) electrons. The normalized spacial score (nSPS) is 19.1. The molecule has 0 saturated carbocycles. The fourth-order valence-corrected chi connectivity index (χ4v) is 13.5. The average Bonchev–Trinajstić information content (AvgIpc) is 3.83. The van der Waals surface area contributed by atoms with Crippen LogP contribution in [0.15, 0.2) is 150 Å². The topological polar surface area (TPSA) is 28.4 Å². The van der Waals surface area contributed by atoms with Gasteiger partial charge in [-0.2, -0.15) is 0 Å². The smallest absolute Gasteiger partial charge is 0.198 e. The Bertz CT molecular complexity index is 3610. The summed E-state index contributed by atoms with van der Waals surface area (Å²) in [4.78, 5) is 2.80. The highest BCUT2D eigenvalue weighted by molar-refractivity contribution is 6.73. The number of hydrogen-bond donors (Lipinski definition) is 1. The van der Waals surface area contributed by atoms with Crippen molar-refractivity contribution in [2.24, 2.45) is 0 Å². The van der Waals surface area contributed by atoms with Crippen molar-refractivity contribution in [3.05, 3.63) is 185 Å². The van der Waals surface area contributed by atoms with Crippen LogP contribution in [0.2, 0.25) is 0 Å². The van der Waals surface area contributed by atoms with Gasteiger partial charge in [0, 0.05) is 44.2 Å². The molecule has 8 aromatic carbocycles. The Morgan fingerprint density at radius 3 is 2.09 bits per heavy atom. The summed E-state index contributed by atoms with van der Waals surface area (Å²) in [6, 6.07) is 54.6. The van der Waals surface area contributed by atoms with Gasteiger partial charge >= 0.3 is 0 Å². The molecule has 14 rings (SSSR count). The molecule has 0 amide bonds. The Morgan fingerprint density at radius 1 is 0.492 bits per heavy atom. The molecule has 1 N–H and O–H groups in total. The molecule has 0 saturated heterocycles. The fourth-order valence-electron chi connectivity index (χ4n) is 13.5. The van der Waals surface area contributed by atoms with Crippen LogP contribution in [0.4, 0.5) is 28.4 Å². The van der Waals surface area contributed by atoms with Gasteiger partial charge < -0.3 is 14.6 Å². The van der Waals surface area contributed by atoms with Crippen molar-refractivity contribution in [3.63, 3.8) is 0 Å². The zero-order valence-electron chi connectivity index (χ0n) is 38.3. The molecule has 314 valence electrons. The lowest BCUT2D eigenvalue weighted by Crippen LogP contribution is -2.51. The summed E-state index contributed by atoms with van der Waals surface area (Å²) in [7, 11) is 0.850. The van der Waals surface area contributed by atoms with Gasteiger partial charge in [0.15, 0.2) is 12.9 Å². The lowest BCUT2D eigenvalue weighted by atomic mass is 9.50. The van der Waals surface area contributed by atoms with Crippen molar-refractivity contribution < 1.29 is 4.42 Å². The minimum absolute atomic E-state index is 0.0110. The van der Waals surface area contributed by atoms with E-state index in [1.165, 1.54) is 96.5 Å². The monoisotopic (exact) mass is 838 g/mol. The van der Waals surface area contributed by atoms with Gasteiger partial charge in [0.1, 0.15) is 5.58 Å². The van der Waals surface area contributed by atoms with Crippen LogP contribution in [0, 0.1) is 0 Å². The van der Waals surface area contributed by atoms with Crippen LogP contribution in [0.25, 0.3) is 55.3 Å². The maximum absolute atomic E-state index is 6.63. The minimum Gasteiger partial charge on any atom is -0.454 e. The van der Waals surface area contributed by atoms with E-state index in [4.69, 9.17) is 4.42 Å². The lowest BCUT2D eigenvalue weighted by molar-refractivity contribution is 0.326. The Hall–Kier alpha value is -6.78. The maximum atomic E-state index is 6.63. The van der Waals surface area contributed by atoms with E-state index in [-0.39, 0.29) is 21.7 Å². The number of anilines is 5. The van der Waals surface area contributed by atoms with Gasteiger partial charge in [0.25, 0.3) is 0 Å². The Morgan fingerprint density at radius 2 is 1.23 bits per heavy atom. The minimum atomic E-state index is -0.352. The molecule has 2 aliphatic carbocycles. The number of nitrogens with zero attached hydrogens (tertiary/aromatic N) is 1. The highest BCUT2D eigenvalue weighted by atomic mass is 16.3. The van der Waals surface area contributed by atoms with Gasteiger partial charge in [-0.1, -0.05) is 162 Å². The van der Waals surface area contributed by atoms with Crippen LogP contribution < -0.4 is 21.1 Å². The Labute approximate surface area is 382 Å². The van der Waals surface area contributed by atoms with E-state index in [0.717, 1.165) is 40.6 Å². The number of rotatable bonds is 4. The van der Waals surface area contributed by atoms with Crippen molar-refractivity contribution in [1.82, 2.24) is 0 Å². The summed E-state index contributed by atoms with van der Waals surface area (Å²) < 4.78 is 6.63. The third kappa shape index (κ3) is 4.67. The molecule has 9 aromatic rings. The SMILES string of the molecule is CC1(C)CCC(C)(C)c2c1cc1c3c2C2(C)c4ccccc4-c4cc(-c5cc(-c6ccccc6)ccc5Nc5cccc6c5oc5ccccc56)c5c(c42)N3c2c(cccc2C1(C)C)B5. The van der Waals surface area contributed by atoms with E-state index in [0.29, 0.717) is 0 Å². The van der Waals surface area contributed by atoms with Crippen LogP contribution in [0.1, 0.15) is 100 Å². The highest BCUT2D eigenvalue weighted by Gasteiger charge is 2.58. The molecule has 3 nitrogen and oxygen atoms in total. The second-order valence-electron chi connectivity index (χ2n) is 21.7. The largest absolute Gasteiger partial charge is 0.454 e. The Balaban J connectivity index is 1.11. The zero-order valence-corrected chi connectivity index (χ0v) is 38.3. The first-order chi connectivity index (χ1) is 31.4. The van der Waals surface area contributed by atoms with Crippen molar-refractivity contribution in [3.8, 4) is 33.4 Å². The summed E-state index contributed by atoms with van der Waals surface area (Å²) in [6.07, 6.45) is 2.35. The van der Waals surface area contributed by atoms with Crippen molar-refractivity contribution in [2.75, 3.05) is 10.2 Å². The van der Waals surface area contributed by atoms with Crippen LogP contribution in [0.5, 0.6) is 0 Å². The van der Waals surface area contributed by atoms with Gasteiger partial charge in [0.2, 0.25) is 0 Å². The molecule has 4 heterocycles. The molecule has 65 heavy (non-hydrogen) atoms. The number of nitrogens with one attached hydrogen (secondary N) is 1. The molecular formula is C61H51BN2O. The number of furan rings is 1. The summed E-state index contributed by atoms with van der Waals surface area (Å²) in [6.45, 7) is 17.7. The van der Waals surface area contributed by atoms with Gasteiger partial charge in [-0.25, -0.2) is 0 Å². The first-order valence-electron chi connectivity index (χ1n) is 23.7. The molecule has 3 aliphatic heterocycles. The molecule has 1 atom stereocenters. The van der Waals surface area contributed by atoms with Crippen LogP contribution in [-0.2, 0) is 21.7 Å². The van der Waals surface area contributed by atoms with E-state index in [9.17, 15) is 0 Å². The van der Waals surface area contributed by atoms with Crippen molar-refractivity contribution in [2.45, 2.75) is 83.0 Å². The molecule has 0 fully saturated rings. The number of benzene rings is 8. The number of para-hydroxylation sites is 3. The molecule has 0 spiro atoms. The molecule has 1 unspecified atom stereocenters. The standard InChI is InChI=1S/C61H51BN2O/c1-58(2)29-30-59(3,4)51-44(58)33-45-55-52(51)61(7)42-22-13-11-19-36(42)40-32-41(53-56(50(40)61)64(55)54-43(60(45,5)6)23-16-24-46(54)62-53)39-31-35(34-17-9-8-10-18-34)27-28-47(39)63-48-25-15-21-38-37-20-12-14-26-49(37)65-57(38)48/h8-28,31-33,62-63H,29-30H2,1-7H3. The molecule has 5 aliphatic rings. The second-order valence-corrected chi connectivity index (χ2v) is 21.7. The molecule has 4 heteroatoms. The lowest BCUT2D eigenvalue weighted by Gasteiger charge is -2.56. The third-order valence-electron chi connectivity index (χ3n) is 16.8. The predicted molar refractivity (Wildman–Crippen MR) is 274 cm³/mol. The maximum Gasteiger partial charge on any atom is 0.198 e. The molecule has 1 aromatic heterocycles. The van der Waals surface area contributed by atoms with Gasteiger partial charge in [-0.15, -0.1) is 0 Å². The van der Waals surface area contributed by atoms with Crippen molar-refractivity contribution >= 4 is 68.6 Å². The summed E-state index contributed by atoms with van der Waals surface area (Å²) in [5, 5.41) is 6.24. The fraction of sp³-hybridized carbons (Fsp3) is 0.213. The van der Waals surface area contributed by atoms with Crippen LogP contribution in [0.3, 0.4) is 0 Å². The average molecular weight is 839 g/mol. The first-order valence-corrected chi connectivity index (χ1v) is 23.7. The Kier molecular flexibility index (Phi) is 7.12. The summed E-state index contributed by atoms with van der Waals surface area (Å²) in [5.74, 6) is 0. The number of hydrogen-bond acceptors (Lipinski definition) is 3. The second kappa shape index (κ2) is 12.3. The van der Waals surface area contributed by atoms with E-state index >= 15 is 0 Å².